The van der Waals surface area contributed by atoms with Crippen LogP contribution in [-0.2, 0) is 4.84 Å². The molecule has 1 amide bonds. The van der Waals surface area contributed by atoms with Gasteiger partial charge in [-0.25, -0.2) is 4.79 Å². The van der Waals surface area contributed by atoms with Crippen molar-refractivity contribution in [2.75, 3.05) is 11.9 Å². The van der Waals surface area contributed by atoms with Crippen LogP contribution in [0.15, 0.2) is 84.0 Å². The smallest absolute Gasteiger partial charge is 0.437 e. The molecule has 30 heavy (non-hydrogen) atoms. The molecule has 0 radical (unpaired) electrons. The Balaban J connectivity index is 1.74. The lowest BCUT2D eigenvalue weighted by molar-refractivity contribution is -0.385. The second kappa shape index (κ2) is 10.0. The maximum absolute atomic E-state index is 12.1. The Kier molecular flexibility index (Phi) is 6.96. The zero-order valence-corrected chi connectivity index (χ0v) is 16.3. The number of ether oxygens (including phenoxy) is 1. The molecule has 0 spiro atoms. The number of oxime groups is 1. The lowest BCUT2D eigenvalue weighted by Crippen LogP contribution is -2.17. The van der Waals surface area contributed by atoms with Gasteiger partial charge in [0.1, 0.15) is 12.3 Å². The van der Waals surface area contributed by atoms with Gasteiger partial charge >= 0.3 is 11.8 Å². The number of nitro benzene ring substituents is 1. The highest BCUT2D eigenvalue weighted by Gasteiger charge is 2.16. The Morgan fingerprint density at radius 3 is 2.50 bits per heavy atom. The standard InChI is InChI=1S/C21H16ClN3O5/c22-16-9-6-10-17(13-16)23-21(26)30-24-18(15-7-2-1-3-8-15)14-29-20-12-5-4-11-19(20)25(27)28/h1-13H,14H2,(H,23,26)/b24-18-. The van der Waals surface area contributed by atoms with Crippen molar-refractivity contribution in [3.8, 4) is 5.75 Å². The molecule has 3 rings (SSSR count). The van der Waals surface area contributed by atoms with Crippen LogP contribution in [0.4, 0.5) is 16.2 Å². The Morgan fingerprint density at radius 2 is 1.77 bits per heavy atom. The maximum Gasteiger partial charge on any atom is 0.437 e. The Bertz CT molecular complexity index is 1070. The lowest BCUT2D eigenvalue weighted by Gasteiger charge is -2.09. The van der Waals surface area contributed by atoms with Crippen LogP contribution < -0.4 is 10.1 Å². The highest BCUT2D eigenvalue weighted by Crippen LogP contribution is 2.26. The van der Waals surface area contributed by atoms with E-state index in [1.165, 1.54) is 12.1 Å². The van der Waals surface area contributed by atoms with Gasteiger partial charge in [0.25, 0.3) is 0 Å². The molecule has 8 nitrogen and oxygen atoms in total. The highest BCUT2D eigenvalue weighted by atomic mass is 35.5. The molecule has 0 saturated heterocycles. The average Bonchev–Trinajstić information content (AvgIpc) is 2.74. The number of hydrogen-bond acceptors (Lipinski definition) is 6. The summed E-state index contributed by atoms with van der Waals surface area (Å²) in [5.74, 6) is 0.0783. The predicted molar refractivity (Wildman–Crippen MR) is 113 cm³/mol. The van der Waals surface area contributed by atoms with Crippen LogP contribution in [-0.4, -0.2) is 23.3 Å². The molecular weight excluding hydrogens is 410 g/mol. The third-order valence-corrected chi connectivity index (χ3v) is 4.08. The number of benzene rings is 3. The Morgan fingerprint density at radius 1 is 1.03 bits per heavy atom. The van der Waals surface area contributed by atoms with Gasteiger partial charge in [-0.1, -0.05) is 65.3 Å². The molecule has 0 unspecified atom stereocenters. The van der Waals surface area contributed by atoms with Crippen molar-refractivity contribution in [1.82, 2.24) is 0 Å². The highest BCUT2D eigenvalue weighted by molar-refractivity contribution is 6.30. The van der Waals surface area contributed by atoms with Crippen LogP contribution >= 0.6 is 11.6 Å². The summed E-state index contributed by atoms with van der Waals surface area (Å²) >= 11 is 5.89. The van der Waals surface area contributed by atoms with E-state index < -0.39 is 11.0 Å². The third kappa shape index (κ3) is 5.79. The van der Waals surface area contributed by atoms with Gasteiger partial charge in [-0.2, -0.15) is 0 Å². The van der Waals surface area contributed by atoms with E-state index in [4.69, 9.17) is 21.2 Å². The van der Waals surface area contributed by atoms with Gasteiger partial charge in [0.15, 0.2) is 5.75 Å². The van der Waals surface area contributed by atoms with Gasteiger partial charge < -0.3 is 4.74 Å². The van der Waals surface area contributed by atoms with Crippen LogP contribution in [0.3, 0.4) is 0 Å². The molecule has 0 aliphatic carbocycles. The molecule has 0 aromatic heterocycles. The SMILES string of the molecule is O=C(Nc1cccc(Cl)c1)O/N=C(/COc1ccccc1[N+](=O)[O-])c1ccccc1. The van der Waals surface area contributed by atoms with Crippen molar-refractivity contribution in [3.63, 3.8) is 0 Å². The molecule has 0 atom stereocenters. The molecule has 0 aliphatic heterocycles. The number of nitrogens with zero attached hydrogens (tertiary/aromatic N) is 2. The monoisotopic (exact) mass is 425 g/mol. The maximum atomic E-state index is 12.1. The van der Waals surface area contributed by atoms with Gasteiger partial charge in [-0.05, 0) is 24.3 Å². The van der Waals surface area contributed by atoms with E-state index in [-0.39, 0.29) is 23.8 Å². The molecule has 3 aromatic rings. The van der Waals surface area contributed by atoms with Crippen molar-refractivity contribution in [2.45, 2.75) is 0 Å². The van der Waals surface area contributed by atoms with Gasteiger partial charge in [0.05, 0.1) is 4.92 Å². The minimum atomic E-state index is -0.823. The fourth-order valence-corrected chi connectivity index (χ4v) is 2.66. The number of rotatable bonds is 7. The van der Waals surface area contributed by atoms with E-state index in [9.17, 15) is 14.9 Å². The minimum Gasteiger partial charge on any atom is -0.480 e. The summed E-state index contributed by atoms with van der Waals surface area (Å²) < 4.78 is 5.58. The number of halogens is 1. The lowest BCUT2D eigenvalue weighted by atomic mass is 10.1. The number of hydrogen-bond donors (Lipinski definition) is 1. The van der Waals surface area contributed by atoms with Gasteiger partial charge in [-0.3, -0.25) is 20.3 Å². The van der Waals surface area contributed by atoms with Crippen molar-refractivity contribution in [2.24, 2.45) is 5.16 Å². The van der Waals surface area contributed by atoms with Crippen LogP contribution in [0, 0.1) is 10.1 Å². The predicted octanol–water partition coefficient (Wildman–Crippen LogP) is 5.28. The van der Waals surface area contributed by atoms with Crippen LogP contribution in [0.5, 0.6) is 5.75 Å². The van der Waals surface area contributed by atoms with Crippen molar-refractivity contribution < 1.29 is 19.3 Å². The Hall–Kier alpha value is -3.91. The summed E-state index contributed by atoms with van der Waals surface area (Å²) in [4.78, 5) is 27.6. The normalized spacial score (nSPS) is 10.9. The van der Waals surface area contributed by atoms with Crippen molar-refractivity contribution in [3.05, 3.63) is 99.6 Å². The van der Waals surface area contributed by atoms with E-state index in [0.29, 0.717) is 16.3 Å². The number of carbonyl (C=O) groups is 1. The molecule has 1 N–H and O–H groups in total. The summed E-state index contributed by atoms with van der Waals surface area (Å²) in [6, 6.07) is 21.4. The third-order valence-electron chi connectivity index (χ3n) is 3.84. The number of para-hydroxylation sites is 2. The van der Waals surface area contributed by atoms with Gasteiger partial charge in [-0.15, -0.1) is 0 Å². The molecule has 0 aliphatic rings. The zero-order valence-electron chi connectivity index (χ0n) is 15.5. The molecule has 3 aromatic carbocycles. The second-order valence-electron chi connectivity index (χ2n) is 5.93. The first kappa shape index (κ1) is 20.8. The second-order valence-corrected chi connectivity index (χ2v) is 6.37. The van der Waals surface area contributed by atoms with Crippen LogP contribution in [0.1, 0.15) is 5.56 Å². The van der Waals surface area contributed by atoms with E-state index >= 15 is 0 Å². The summed E-state index contributed by atoms with van der Waals surface area (Å²) in [6.07, 6.45) is -0.823. The first-order chi connectivity index (χ1) is 14.5. The zero-order chi connectivity index (χ0) is 21.3. The average molecular weight is 426 g/mol. The molecule has 0 heterocycles. The molecule has 152 valence electrons. The molecule has 0 saturated carbocycles. The van der Waals surface area contributed by atoms with E-state index in [0.717, 1.165) is 0 Å². The molecular formula is C21H16ClN3O5. The number of amides is 1. The first-order valence-corrected chi connectivity index (χ1v) is 9.13. The summed E-state index contributed by atoms with van der Waals surface area (Å²) in [6.45, 7) is -0.153. The summed E-state index contributed by atoms with van der Waals surface area (Å²) in [7, 11) is 0. The fraction of sp³-hybridized carbons (Fsp3) is 0.0476. The topological polar surface area (TPSA) is 103 Å². The van der Waals surface area contributed by atoms with Gasteiger partial charge in [0, 0.05) is 22.3 Å². The van der Waals surface area contributed by atoms with Crippen molar-refractivity contribution in [1.29, 1.82) is 0 Å². The number of nitrogens with one attached hydrogen (secondary N) is 1. The number of anilines is 1. The number of carbonyl (C=O) groups excluding carboxylic acids is 1. The fourth-order valence-electron chi connectivity index (χ4n) is 2.47. The summed E-state index contributed by atoms with van der Waals surface area (Å²) in [5.41, 5.74) is 1.17. The van der Waals surface area contributed by atoms with Crippen LogP contribution in [0.25, 0.3) is 0 Å². The number of nitro groups is 1. The molecule has 0 bridgehead atoms. The largest absolute Gasteiger partial charge is 0.480 e. The molecule has 9 heteroatoms. The van der Waals surface area contributed by atoms with Crippen molar-refractivity contribution >= 4 is 34.8 Å². The quantitative estimate of drug-likeness (QED) is 0.240. The minimum absolute atomic E-state index is 0.0783. The molecule has 0 fully saturated rings. The van der Waals surface area contributed by atoms with Crippen LogP contribution in [0.2, 0.25) is 5.02 Å². The van der Waals surface area contributed by atoms with E-state index in [2.05, 4.69) is 10.5 Å². The van der Waals surface area contributed by atoms with E-state index in [1.807, 2.05) is 6.07 Å². The summed E-state index contributed by atoms with van der Waals surface area (Å²) in [5, 5.41) is 18.0. The Labute approximate surface area is 176 Å². The van der Waals surface area contributed by atoms with E-state index in [1.54, 1.807) is 60.7 Å². The van der Waals surface area contributed by atoms with Gasteiger partial charge in [0.2, 0.25) is 0 Å². The first-order valence-electron chi connectivity index (χ1n) is 8.75.